The molecule has 0 atom stereocenters. The molecule has 0 bridgehead atoms. The fourth-order valence-electron chi connectivity index (χ4n) is 2.52. The van der Waals surface area contributed by atoms with Gasteiger partial charge in [-0.05, 0) is 48.7 Å². The molecule has 0 spiro atoms. The highest BCUT2D eigenvalue weighted by molar-refractivity contribution is 5.91. The molecular formula is C22H28O4. The summed E-state index contributed by atoms with van der Waals surface area (Å²) in [5, 5.41) is 0. The number of hydrogen-bond acceptors (Lipinski definition) is 4. The second-order valence-electron chi connectivity index (χ2n) is 6.13. The first-order chi connectivity index (χ1) is 12.7. The topological polar surface area (TPSA) is 44.8 Å². The fraction of sp³-hybridized carbons (Fsp3) is 0.409. The molecule has 2 rings (SSSR count). The number of rotatable bonds is 10. The summed E-state index contributed by atoms with van der Waals surface area (Å²) in [5.41, 5.74) is 2.44. The van der Waals surface area contributed by atoms with Crippen LogP contribution in [0.5, 0.6) is 11.5 Å². The summed E-state index contributed by atoms with van der Waals surface area (Å²) in [4.78, 5) is 12.3. The largest absolute Gasteiger partial charge is 0.497 e. The van der Waals surface area contributed by atoms with Gasteiger partial charge in [-0.2, -0.15) is 0 Å². The van der Waals surface area contributed by atoms with Crippen LogP contribution < -0.4 is 9.47 Å². The lowest BCUT2D eigenvalue weighted by Gasteiger charge is -2.14. The summed E-state index contributed by atoms with van der Waals surface area (Å²) in [6, 6.07) is 13.3. The number of unbranched alkanes of at least 4 members (excludes halogenated alkanes) is 2. The first-order valence-electron chi connectivity index (χ1n) is 9.28. The van der Waals surface area contributed by atoms with Gasteiger partial charge in [-0.1, -0.05) is 38.8 Å². The number of methoxy groups -OCH3 is 1. The molecule has 4 heteroatoms. The van der Waals surface area contributed by atoms with Crippen LogP contribution in [0.15, 0.2) is 42.5 Å². The van der Waals surface area contributed by atoms with Crippen LogP contribution in [-0.2, 0) is 4.74 Å². The quantitative estimate of drug-likeness (QED) is 0.417. The summed E-state index contributed by atoms with van der Waals surface area (Å²) in [5.74, 6) is 1.16. The second kappa shape index (κ2) is 10.5. The van der Waals surface area contributed by atoms with Crippen LogP contribution in [0.1, 0.15) is 49.9 Å². The minimum Gasteiger partial charge on any atom is -0.497 e. The first kappa shape index (κ1) is 19.8. The van der Waals surface area contributed by atoms with Crippen molar-refractivity contribution in [2.24, 2.45) is 0 Å². The monoisotopic (exact) mass is 356 g/mol. The first-order valence-corrected chi connectivity index (χ1v) is 9.28. The number of carbonyl (C=O) groups excluding carboxylic acids is 1. The van der Waals surface area contributed by atoms with Crippen molar-refractivity contribution in [1.29, 1.82) is 0 Å². The van der Waals surface area contributed by atoms with E-state index in [2.05, 4.69) is 13.8 Å². The lowest BCUT2D eigenvalue weighted by molar-refractivity contribution is 0.0499. The second-order valence-corrected chi connectivity index (χ2v) is 6.13. The lowest BCUT2D eigenvalue weighted by atomic mass is 10.0. The van der Waals surface area contributed by atoms with Gasteiger partial charge in [0.1, 0.15) is 11.5 Å². The van der Waals surface area contributed by atoms with E-state index >= 15 is 0 Å². The molecular weight excluding hydrogens is 328 g/mol. The fourth-order valence-corrected chi connectivity index (χ4v) is 2.52. The van der Waals surface area contributed by atoms with Crippen molar-refractivity contribution < 1.29 is 19.0 Å². The van der Waals surface area contributed by atoms with Gasteiger partial charge in [0.2, 0.25) is 0 Å². The highest BCUT2D eigenvalue weighted by Gasteiger charge is 2.14. The van der Waals surface area contributed by atoms with Crippen molar-refractivity contribution in [1.82, 2.24) is 0 Å². The number of benzene rings is 2. The molecule has 0 aliphatic rings. The zero-order valence-corrected chi connectivity index (χ0v) is 15.9. The zero-order valence-electron chi connectivity index (χ0n) is 15.9. The van der Waals surface area contributed by atoms with Gasteiger partial charge in [-0.15, -0.1) is 0 Å². The van der Waals surface area contributed by atoms with Crippen molar-refractivity contribution in [3.8, 4) is 22.6 Å². The minimum absolute atomic E-state index is 0.309. The van der Waals surface area contributed by atoms with E-state index in [4.69, 9.17) is 14.2 Å². The Bertz CT molecular complexity index is 709. The van der Waals surface area contributed by atoms with Gasteiger partial charge in [0.05, 0.1) is 25.9 Å². The van der Waals surface area contributed by atoms with Crippen molar-refractivity contribution in [3.05, 3.63) is 48.0 Å². The average Bonchev–Trinajstić information content (AvgIpc) is 2.68. The highest BCUT2D eigenvalue weighted by atomic mass is 16.5. The Labute approximate surface area is 156 Å². The van der Waals surface area contributed by atoms with Crippen LogP contribution in [0.4, 0.5) is 0 Å². The van der Waals surface area contributed by atoms with Gasteiger partial charge in [-0.3, -0.25) is 0 Å². The van der Waals surface area contributed by atoms with Gasteiger partial charge >= 0.3 is 5.97 Å². The van der Waals surface area contributed by atoms with E-state index in [1.807, 2.05) is 30.3 Å². The molecule has 0 aliphatic heterocycles. The molecule has 0 heterocycles. The van der Waals surface area contributed by atoms with Gasteiger partial charge in [0.25, 0.3) is 0 Å². The van der Waals surface area contributed by atoms with E-state index in [1.165, 1.54) is 0 Å². The summed E-state index contributed by atoms with van der Waals surface area (Å²) in [6.45, 7) is 5.24. The van der Waals surface area contributed by atoms with Crippen LogP contribution in [0.3, 0.4) is 0 Å². The zero-order chi connectivity index (χ0) is 18.8. The van der Waals surface area contributed by atoms with Gasteiger partial charge in [-0.25, -0.2) is 4.79 Å². The highest BCUT2D eigenvalue weighted by Crippen LogP contribution is 2.33. The Morgan fingerprint density at radius 1 is 0.962 bits per heavy atom. The Morgan fingerprint density at radius 2 is 1.73 bits per heavy atom. The molecule has 0 unspecified atom stereocenters. The van der Waals surface area contributed by atoms with Gasteiger partial charge in [0, 0.05) is 5.56 Å². The van der Waals surface area contributed by atoms with Crippen LogP contribution in [-0.4, -0.2) is 26.3 Å². The van der Waals surface area contributed by atoms with Crippen LogP contribution in [0.2, 0.25) is 0 Å². The number of ether oxygens (including phenoxy) is 3. The molecule has 140 valence electrons. The van der Waals surface area contributed by atoms with E-state index in [0.29, 0.717) is 24.5 Å². The van der Waals surface area contributed by atoms with E-state index in [-0.39, 0.29) is 5.97 Å². The molecule has 0 aromatic heterocycles. The maximum atomic E-state index is 12.3. The molecule has 0 saturated heterocycles. The molecule has 0 N–H and O–H groups in total. The molecule has 0 radical (unpaired) electrons. The predicted octanol–water partition coefficient (Wildman–Crippen LogP) is 5.50. The number of hydrogen-bond donors (Lipinski definition) is 0. The number of carbonyl (C=O) groups is 1. The van der Waals surface area contributed by atoms with E-state index in [9.17, 15) is 4.79 Å². The normalized spacial score (nSPS) is 10.4. The van der Waals surface area contributed by atoms with E-state index in [0.717, 1.165) is 42.6 Å². The Balaban J connectivity index is 2.29. The van der Waals surface area contributed by atoms with Crippen molar-refractivity contribution >= 4 is 5.97 Å². The summed E-state index contributed by atoms with van der Waals surface area (Å²) in [7, 11) is 1.65. The van der Waals surface area contributed by atoms with Crippen molar-refractivity contribution in [2.75, 3.05) is 20.3 Å². The third kappa shape index (κ3) is 5.51. The maximum absolute atomic E-state index is 12.3. The molecule has 2 aromatic carbocycles. The van der Waals surface area contributed by atoms with Gasteiger partial charge in [0.15, 0.2) is 0 Å². The molecule has 0 aliphatic carbocycles. The molecule has 0 amide bonds. The Hall–Kier alpha value is -2.49. The maximum Gasteiger partial charge on any atom is 0.338 e. The summed E-state index contributed by atoms with van der Waals surface area (Å²) in [6.07, 6.45) is 3.87. The van der Waals surface area contributed by atoms with Gasteiger partial charge < -0.3 is 14.2 Å². The lowest BCUT2D eigenvalue weighted by Crippen LogP contribution is -2.07. The third-order valence-corrected chi connectivity index (χ3v) is 4.08. The third-order valence-electron chi connectivity index (χ3n) is 4.08. The molecule has 2 aromatic rings. The molecule has 4 nitrogen and oxygen atoms in total. The van der Waals surface area contributed by atoms with Crippen molar-refractivity contribution in [2.45, 2.75) is 39.5 Å². The Kier molecular flexibility index (Phi) is 8.00. The average molecular weight is 356 g/mol. The van der Waals surface area contributed by atoms with Crippen LogP contribution >= 0.6 is 0 Å². The van der Waals surface area contributed by atoms with E-state index in [1.54, 1.807) is 19.2 Å². The SMILES string of the molecule is CCCCOC(=O)c1ccc(-c2cccc(OC)c2)c(OCCCC)c1. The molecule has 0 saturated carbocycles. The minimum atomic E-state index is -0.309. The number of esters is 1. The summed E-state index contributed by atoms with van der Waals surface area (Å²) < 4.78 is 16.6. The Morgan fingerprint density at radius 3 is 2.46 bits per heavy atom. The predicted molar refractivity (Wildman–Crippen MR) is 104 cm³/mol. The van der Waals surface area contributed by atoms with E-state index < -0.39 is 0 Å². The summed E-state index contributed by atoms with van der Waals surface area (Å²) >= 11 is 0. The van der Waals surface area contributed by atoms with Crippen LogP contribution in [0.25, 0.3) is 11.1 Å². The molecule has 0 fully saturated rings. The van der Waals surface area contributed by atoms with Crippen LogP contribution in [0, 0.1) is 0 Å². The molecule has 26 heavy (non-hydrogen) atoms. The van der Waals surface area contributed by atoms with Crippen molar-refractivity contribution in [3.63, 3.8) is 0 Å². The smallest absolute Gasteiger partial charge is 0.338 e. The standard InChI is InChI=1S/C22H28O4/c1-4-6-13-25-21-16-18(22(23)26-14-7-5-2)11-12-20(21)17-9-8-10-19(15-17)24-3/h8-12,15-16H,4-7,13-14H2,1-3H3.